The number of carbonyl (C=O) groups is 3. The first-order valence-corrected chi connectivity index (χ1v) is 12.1. The molecular weight excluding hydrogens is 366 g/mol. The summed E-state index contributed by atoms with van der Waals surface area (Å²) < 4.78 is 0. The third-order valence-electron chi connectivity index (χ3n) is 7.72. The fourth-order valence-corrected chi connectivity index (χ4v) is 6.13. The van der Waals surface area contributed by atoms with Crippen LogP contribution in [-0.2, 0) is 9.59 Å². The zero-order chi connectivity index (χ0) is 20.3. The van der Waals surface area contributed by atoms with Gasteiger partial charge in [-0.1, -0.05) is 64.2 Å². The Hall–Kier alpha value is -1.59. The molecule has 1 saturated heterocycles. The molecule has 6 heteroatoms. The van der Waals surface area contributed by atoms with Crippen LogP contribution in [0.5, 0.6) is 0 Å². The number of amides is 4. The average molecular weight is 404 g/mol. The van der Waals surface area contributed by atoms with E-state index in [0.29, 0.717) is 12.8 Å². The summed E-state index contributed by atoms with van der Waals surface area (Å²) in [7, 11) is 0. The Morgan fingerprint density at radius 1 is 0.828 bits per heavy atom. The molecule has 1 spiro atoms. The Balaban J connectivity index is 1.49. The molecule has 4 aliphatic rings. The maximum absolute atomic E-state index is 13.5. The molecule has 1 heterocycles. The third kappa shape index (κ3) is 4.31. The van der Waals surface area contributed by atoms with Crippen LogP contribution in [-0.4, -0.2) is 51.8 Å². The van der Waals surface area contributed by atoms with E-state index >= 15 is 0 Å². The van der Waals surface area contributed by atoms with Gasteiger partial charge >= 0.3 is 6.03 Å². The predicted octanol–water partition coefficient (Wildman–Crippen LogP) is 4.13. The lowest BCUT2D eigenvalue weighted by Crippen LogP contribution is -2.53. The van der Waals surface area contributed by atoms with Crippen LogP contribution >= 0.6 is 0 Å². The van der Waals surface area contributed by atoms with Crippen molar-refractivity contribution in [2.75, 3.05) is 6.54 Å². The minimum atomic E-state index is -0.756. The van der Waals surface area contributed by atoms with Crippen molar-refractivity contribution in [3.05, 3.63) is 0 Å². The SMILES string of the molecule is O=C1NC2(CCCCCC2)C(=O)N1CC(=O)N(C1CCCCC1)C1CCCCC1. The van der Waals surface area contributed by atoms with Crippen LogP contribution in [0.15, 0.2) is 0 Å². The van der Waals surface area contributed by atoms with Crippen molar-refractivity contribution in [1.82, 2.24) is 15.1 Å². The molecule has 3 aliphatic carbocycles. The summed E-state index contributed by atoms with van der Waals surface area (Å²) in [5.74, 6) is -0.178. The van der Waals surface area contributed by atoms with E-state index in [1.54, 1.807) is 0 Å². The Morgan fingerprint density at radius 3 is 1.83 bits per heavy atom. The monoisotopic (exact) mass is 403 g/mol. The number of hydrogen-bond acceptors (Lipinski definition) is 3. The number of rotatable bonds is 4. The summed E-state index contributed by atoms with van der Waals surface area (Å²) in [6.07, 6.45) is 17.0. The summed E-state index contributed by atoms with van der Waals surface area (Å²) in [4.78, 5) is 42.7. The predicted molar refractivity (Wildman–Crippen MR) is 111 cm³/mol. The van der Waals surface area contributed by atoms with Gasteiger partial charge in [0.1, 0.15) is 12.1 Å². The van der Waals surface area contributed by atoms with Gasteiger partial charge in [0.05, 0.1) is 0 Å². The lowest BCUT2D eigenvalue weighted by molar-refractivity contribution is -0.143. The Bertz CT molecular complexity index is 597. The highest BCUT2D eigenvalue weighted by Crippen LogP contribution is 2.34. The zero-order valence-corrected chi connectivity index (χ0v) is 17.8. The number of urea groups is 1. The third-order valence-corrected chi connectivity index (χ3v) is 7.72. The molecule has 1 aliphatic heterocycles. The van der Waals surface area contributed by atoms with E-state index < -0.39 is 5.54 Å². The first-order valence-electron chi connectivity index (χ1n) is 12.1. The number of imide groups is 1. The van der Waals surface area contributed by atoms with Crippen LogP contribution in [0, 0.1) is 0 Å². The van der Waals surface area contributed by atoms with Crippen LogP contribution in [0.1, 0.15) is 103 Å². The molecule has 3 saturated carbocycles. The summed E-state index contributed by atoms with van der Waals surface area (Å²) >= 11 is 0. The molecule has 0 aromatic heterocycles. The first kappa shape index (κ1) is 20.7. The quantitative estimate of drug-likeness (QED) is 0.718. The van der Waals surface area contributed by atoms with E-state index in [1.807, 2.05) is 0 Å². The second-order valence-electron chi connectivity index (χ2n) is 9.70. The standard InChI is InChI=1S/C23H37N3O3/c27-20(26(18-11-5-3-6-12-18)19-13-7-4-8-14-19)17-25-21(28)23(24-22(25)29)15-9-1-2-10-16-23/h18-19H,1-17H2,(H,24,29). The maximum atomic E-state index is 13.5. The van der Waals surface area contributed by atoms with E-state index in [9.17, 15) is 14.4 Å². The fourth-order valence-electron chi connectivity index (χ4n) is 6.13. The summed E-state index contributed by atoms with van der Waals surface area (Å²) in [6.45, 7) is -0.0839. The normalized spacial score (nSPS) is 26.4. The van der Waals surface area contributed by atoms with E-state index in [-0.39, 0.29) is 36.5 Å². The van der Waals surface area contributed by atoms with Crippen LogP contribution in [0.25, 0.3) is 0 Å². The van der Waals surface area contributed by atoms with Gasteiger partial charge in [0.25, 0.3) is 5.91 Å². The number of nitrogens with one attached hydrogen (secondary N) is 1. The lowest BCUT2D eigenvalue weighted by Gasteiger charge is -2.42. The van der Waals surface area contributed by atoms with Gasteiger partial charge in [0.2, 0.25) is 5.91 Å². The number of nitrogens with zero attached hydrogens (tertiary/aromatic N) is 2. The molecule has 0 aromatic carbocycles. The van der Waals surface area contributed by atoms with Crippen molar-refractivity contribution in [3.63, 3.8) is 0 Å². The van der Waals surface area contributed by atoms with E-state index in [1.165, 1.54) is 43.4 Å². The van der Waals surface area contributed by atoms with Gasteiger partial charge in [-0.3, -0.25) is 14.5 Å². The topological polar surface area (TPSA) is 69.7 Å². The minimum Gasteiger partial charge on any atom is -0.335 e. The molecule has 162 valence electrons. The zero-order valence-electron chi connectivity index (χ0n) is 17.8. The average Bonchev–Trinajstić information content (AvgIpc) is 2.90. The molecule has 4 fully saturated rings. The van der Waals surface area contributed by atoms with Gasteiger partial charge in [-0.05, 0) is 38.5 Å². The highest BCUT2D eigenvalue weighted by Gasteiger charge is 2.51. The highest BCUT2D eigenvalue weighted by molar-refractivity contribution is 6.09. The van der Waals surface area contributed by atoms with Crippen molar-refractivity contribution in [3.8, 4) is 0 Å². The Labute approximate surface area is 174 Å². The molecule has 6 nitrogen and oxygen atoms in total. The second kappa shape index (κ2) is 9.05. The van der Waals surface area contributed by atoms with Gasteiger partial charge in [-0.2, -0.15) is 0 Å². The van der Waals surface area contributed by atoms with E-state index in [4.69, 9.17) is 0 Å². The van der Waals surface area contributed by atoms with E-state index in [2.05, 4.69) is 10.2 Å². The first-order chi connectivity index (χ1) is 14.1. The summed E-state index contributed by atoms with van der Waals surface area (Å²) in [5.41, 5.74) is -0.756. The Morgan fingerprint density at radius 2 is 1.31 bits per heavy atom. The smallest absolute Gasteiger partial charge is 0.325 e. The van der Waals surface area contributed by atoms with Crippen molar-refractivity contribution in [1.29, 1.82) is 0 Å². The van der Waals surface area contributed by atoms with Crippen LogP contribution < -0.4 is 5.32 Å². The fraction of sp³-hybridized carbons (Fsp3) is 0.870. The van der Waals surface area contributed by atoms with Gasteiger partial charge in [-0.25, -0.2) is 4.79 Å². The molecule has 0 unspecified atom stereocenters. The van der Waals surface area contributed by atoms with Crippen LogP contribution in [0.3, 0.4) is 0 Å². The highest BCUT2D eigenvalue weighted by atomic mass is 16.2. The van der Waals surface area contributed by atoms with Crippen LogP contribution in [0.2, 0.25) is 0 Å². The summed E-state index contributed by atoms with van der Waals surface area (Å²) in [5, 5.41) is 2.98. The van der Waals surface area contributed by atoms with Gasteiger partial charge in [0, 0.05) is 12.1 Å². The van der Waals surface area contributed by atoms with Crippen molar-refractivity contribution < 1.29 is 14.4 Å². The molecule has 0 aromatic rings. The molecule has 1 N–H and O–H groups in total. The molecule has 4 amide bonds. The molecule has 0 atom stereocenters. The number of hydrogen-bond donors (Lipinski definition) is 1. The second-order valence-corrected chi connectivity index (χ2v) is 9.70. The van der Waals surface area contributed by atoms with E-state index in [0.717, 1.165) is 51.4 Å². The largest absolute Gasteiger partial charge is 0.335 e. The molecule has 4 rings (SSSR count). The minimum absolute atomic E-state index is 0.0158. The van der Waals surface area contributed by atoms with Crippen molar-refractivity contribution >= 4 is 17.8 Å². The molecular formula is C23H37N3O3. The van der Waals surface area contributed by atoms with Gasteiger partial charge < -0.3 is 10.2 Å². The molecule has 29 heavy (non-hydrogen) atoms. The van der Waals surface area contributed by atoms with Gasteiger partial charge in [0.15, 0.2) is 0 Å². The van der Waals surface area contributed by atoms with Gasteiger partial charge in [-0.15, -0.1) is 0 Å². The molecule has 0 bridgehead atoms. The van der Waals surface area contributed by atoms with Crippen LogP contribution in [0.4, 0.5) is 4.79 Å². The van der Waals surface area contributed by atoms with Crippen molar-refractivity contribution in [2.45, 2.75) is 120 Å². The summed E-state index contributed by atoms with van der Waals surface area (Å²) in [6, 6.07) is 0.205. The maximum Gasteiger partial charge on any atom is 0.325 e. The Kier molecular flexibility index (Phi) is 6.45. The van der Waals surface area contributed by atoms with Crippen molar-refractivity contribution in [2.24, 2.45) is 0 Å². The number of carbonyl (C=O) groups excluding carboxylic acids is 3. The molecule has 0 radical (unpaired) electrons. The lowest BCUT2D eigenvalue weighted by atomic mass is 9.88.